The van der Waals surface area contributed by atoms with Crippen molar-refractivity contribution >= 4 is 23.4 Å². The zero-order valence-electron chi connectivity index (χ0n) is 15.0. The van der Waals surface area contributed by atoms with Crippen LogP contribution >= 0.6 is 11.8 Å². The SMILES string of the molecule is COc1ccc(S[C@@H](C)C(=O)N2CCN(c3ccc(F)cc3)CC2)cc1. The van der Waals surface area contributed by atoms with Gasteiger partial charge in [-0.15, -0.1) is 11.8 Å². The van der Waals surface area contributed by atoms with Crippen LogP contribution in [0.5, 0.6) is 5.75 Å². The average molecular weight is 374 g/mol. The number of hydrogen-bond donors (Lipinski definition) is 0. The Morgan fingerprint density at radius 2 is 1.65 bits per heavy atom. The second kappa shape index (κ2) is 8.45. The Bertz CT molecular complexity index is 728. The maximum absolute atomic E-state index is 13.1. The van der Waals surface area contributed by atoms with Gasteiger partial charge in [-0.1, -0.05) is 0 Å². The van der Waals surface area contributed by atoms with E-state index >= 15 is 0 Å². The average Bonchev–Trinajstić information content (AvgIpc) is 2.69. The van der Waals surface area contributed by atoms with Crippen molar-refractivity contribution in [3.05, 3.63) is 54.3 Å². The van der Waals surface area contributed by atoms with Crippen LogP contribution in [0.25, 0.3) is 0 Å². The summed E-state index contributed by atoms with van der Waals surface area (Å²) < 4.78 is 18.2. The summed E-state index contributed by atoms with van der Waals surface area (Å²) in [5.74, 6) is 0.738. The minimum atomic E-state index is -0.230. The first-order valence-corrected chi connectivity index (χ1v) is 9.55. The normalized spacial score (nSPS) is 15.7. The van der Waals surface area contributed by atoms with Crippen molar-refractivity contribution in [2.45, 2.75) is 17.1 Å². The molecular weight excluding hydrogens is 351 g/mol. The molecule has 1 heterocycles. The van der Waals surface area contributed by atoms with Crippen LogP contribution in [0.1, 0.15) is 6.92 Å². The lowest BCUT2D eigenvalue weighted by atomic mass is 10.2. The molecule has 6 heteroatoms. The van der Waals surface area contributed by atoms with Gasteiger partial charge in [0, 0.05) is 36.8 Å². The fourth-order valence-electron chi connectivity index (χ4n) is 3.00. The number of thioether (sulfide) groups is 1. The van der Waals surface area contributed by atoms with Gasteiger partial charge in [0.25, 0.3) is 0 Å². The van der Waals surface area contributed by atoms with E-state index in [1.54, 1.807) is 31.0 Å². The predicted octanol–water partition coefficient (Wildman–Crippen LogP) is 3.66. The molecule has 2 aromatic rings. The predicted molar refractivity (Wildman–Crippen MR) is 104 cm³/mol. The van der Waals surface area contributed by atoms with Crippen LogP contribution in [-0.2, 0) is 4.79 Å². The molecular formula is C20H23FN2O2S. The Morgan fingerprint density at radius 3 is 2.23 bits per heavy atom. The van der Waals surface area contributed by atoms with E-state index in [1.165, 1.54) is 12.1 Å². The lowest BCUT2D eigenvalue weighted by Crippen LogP contribution is -2.50. The van der Waals surface area contributed by atoms with Gasteiger partial charge in [0.05, 0.1) is 12.4 Å². The van der Waals surface area contributed by atoms with Crippen LogP contribution in [0.4, 0.5) is 10.1 Å². The Labute approximate surface area is 157 Å². The molecule has 0 saturated carbocycles. The van der Waals surface area contributed by atoms with Gasteiger partial charge in [-0.2, -0.15) is 0 Å². The van der Waals surface area contributed by atoms with Crippen LogP contribution < -0.4 is 9.64 Å². The molecule has 4 nitrogen and oxygen atoms in total. The third-order valence-corrected chi connectivity index (χ3v) is 5.60. The lowest BCUT2D eigenvalue weighted by molar-refractivity contribution is -0.130. The Morgan fingerprint density at radius 1 is 1.04 bits per heavy atom. The van der Waals surface area contributed by atoms with Gasteiger partial charge >= 0.3 is 0 Å². The van der Waals surface area contributed by atoms with Gasteiger partial charge in [-0.25, -0.2) is 4.39 Å². The van der Waals surface area contributed by atoms with E-state index in [1.807, 2.05) is 36.1 Å². The zero-order valence-corrected chi connectivity index (χ0v) is 15.8. The van der Waals surface area contributed by atoms with Crippen molar-refractivity contribution < 1.29 is 13.9 Å². The standard InChI is InChI=1S/C20H23FN2O2S/c1-15(26-19-9-7-18(25-2)8-10-19)20(24)23-13-11-22(12-14-23)17-5-3-16(21)4-6-17/h3-10,15H,11-14H2,1-2H3/t15-/m0/s1. The summed E-state index contributed by atoms with van der Waals surface area (Å²) in [5, 5.41) is -0.138. The lowest BCUT2D eigenvalue weighted by Gasteiger charge is -2.37. The summed E-state index contributed by atoms with van der Waals surface area (Å²) in [6, 6.07) is 14.3. The molecule has 1 saturated heterocycles. The van der Waals surface area contributed by atoms with Gasteiger partial charge < -0.3 is 14.5 Å². The number of hydrogen-bond acceptors (Lipinski definition) is 4. The Hall–Kier alpha value is -2.21. The van der Waals surface area contributed by atoms with Gasteiger partial charge in [-0.05, 0) is 55.5 Å². The third kappa shape index (κ3) is 4.49. The van der Waals surface area contributed by atoms with Crippen molar-refractivity contribution in [1.82, 2.24) is 4.90 Å². The number of amides is 1. The Balaban J connectivity index is 1.52. The zero-order chi connectivity index (χ0) is 18.5. The van der Waals surface area contributed by atoms with Crippen molar-refractivity contribution in [1.29, 1.82) is 0 Å². The van der Waals surface area contributed by atoms with E-state index in [2.05, 4.69) is 4.90 Å². The minimum absolute atomic E-state index is 0.138. The van der Waals surface area contributed by atoms with Crippen LogP contribution in [0.3, 0.4) is 0 Å². The van der Waals surface area contributed by atoms with E-state index in [4.69, 9.17) is 4.74 Å². The number of carbonyl (C=O) groups is 1. The largest absolute Gasteiger partial charge is 0.497 e. The number of piperazine rings is 1. The number of benzene rings is 2. The summed E-state index contributed by atoms with van der Waals surface area (Å²) >= 11 is 1.56. The highest BCUT2D eigenvalue weighted by Gasteiger charge is 2.25. The third-order valence-electron chi connectivity index (χ3n) is 4.50. The molecule has 0 unspecified atom stereocenters. The number of nitrogens with zero attached hydrogens (tertiary/aromatic N) is 2. The van der Waals surface area contributed by atoms with Gasteiger partial charge in [0.1, 0.15) is 11.6 Å². The second-order valence-corrected chi connectivity index (χ2v) is 7.64. The molecule has 1 fully saturated rings. The first-order valence-electron chi connectivity index (χ1n) is 8.67. The first kappa shape index (κ1) is 18.6. The topological polar surface area (TPSA) is 32.8 Å². The summed E-state index contributed by atoms with van der Waals surface area (Å²) in [6.07, 6.45) is 0. The van der Waals surface area contributed by atoms with Crippen LogP contribution in [0, 0.1) is 5.82 Å². The molecule has 0 bridgehead atoms. The van der Waals surface area contributed by atoms with Gasteiger partial charge in [0.2, 0.25) is 5.91 Å². The molecule has 1 aliphatic rings. The number of ether oxygens (including phenoxy) is 1. The van der Waals surface area contributed by atoms with Crippen LogP contribution in [0.2, 0.25) is 0 Å². The second-order valence-electron chi connectivity index (χ2n) is 6.22. The molecule has 138 valence electrons. The van der Waals surface area contributed by atoms with E-state index in [0.29, 0.717) is 13.1 Å². The number of anilines is 1. The fourth-order valence-corrected chi connectivity index (χ4v) is 3.95. The molecule has 0 spiro atoms. The molecule has 1 amide bonds. The molecule has 3 rings (SSSR count). The number of carbonyl (C=O) groups excluding carboxylic acids is 1. The summed E-state index contributed by atoms with van der Waals surface area (Å²) in [4.78, 5) is 17.9. The maximum Gasteiger partial charge on any atom is 0.235 e. The maximum atomic E-state index is 13.1. The van der Waals surface area contributed by atoms with Crippen molar-refractivity contribution in [3.63, 3.8) is 0 Å². The highest BCUT2D eigenvalue weighted by atomic mass is 32.2. The Kier molecular flexibility index (Phi) is 6.04. The summed E-state index contributed by atoms with van der Waals surface area (Å²) in [6.45, 7) is 4.84. The van der Waals surface area contributed by atoms with Gasteiger partial charge in [-0.3, -0.25) is 4.79 Å². The van der Waals surface area contributed by atoms with Crippen LogP contribution in [-0.4, -0.2) is 49.3 Å². The molecule has 2 aromatic carbocycles. The van der Waals surface area contributed by atoms with Crippen molar-refractivity contribution in [3.8, 4) is 5.75 Å². The van der Waals surface area contributed by atoms with Crippen molar-refractivity contribution in [2.24, 2.45) is 0 Å². The van der Waals surface area contributed by atoms with Gasteiger partial charge in [0.15, 0.2) is 0 Å². The van der Waals surface area contributed by atoms with Crippen molar-refractivity contribution in [2.75, 3.05) is 38.2 Å². The summed E-state index contributed by atoms with van der Waals surface area (Å²) in [5.41, 5.74) is 0.999. The quantitative estimate of drug-likeness (QED) is 0.748. The molecule has 1 atom stereocenters. The first-order chi connectivity index (χ1) is 12.6. The molecule has 0 aliphatic carbocycles. The monoisotopic (exact) mass is 374 g/mol. The van der Waals surface area contributed by atoms with E-state index in [9.17, 15) is 9.18 Å². The highest BCUT2D eigenvalue weighted by Crippen LogP contribution is 2.27. The summed E-state index contributed by atoms with van der Waals surface area (Å²) in [7, 11) is 1.64. The van der Waals surface area contributed by atoms with Crippen LogP contribution in [0.15, 0.2) is 53.4 Å². The van der Waals surface area contributed by atoms with E-state index in [0.717, 1.165) is 29.4 Å². The number of methoxy groups -OCH3 is 1. The number of halogens is 1. The molecule has 26 heavy (non-hydrogen) atoms. The highest BCUT2D eigenvalue weighted by molar-refractivity contribution is 8.00. The van der Waals surface area contributed by atoms with E-state index in [-0.39, 0.29) is 17.0 Å². The molecule has 0 N–H and O–H groups in total. The molecule has 0 radical (unpaired) electrons. The number of rotatable bonds is 5. The van der Waals surface area contributed by atoms with E-state index < -0.39 is 0 Å². The smallest absolute Gasteiger partial charge is 0.235 e. The minimum Gasteiger partial charge on any atom is -0.497 e. The molecule has 0 aromatic heterocycles. The molecule has 1 aliphatic heterocycles. The fraction of sp³-hybridized carbons (Fsp3) is 0.350.